The molecule has 1 heterocycles. The lowest BCUT2D eigenvalue weighted by molar-refractivity contribution is 0.327. The summed E-state index contributed by atoms with van der Waals surface area (Å²) >= 11 is 0. The van der Waals surface area contributed by atoms with Gasteiger partial charge in [-0.1, -0.05) is 32.9 Å². The summed E-state index contributed by atoms with van der Waals surface area (Å²) in [7, 11) is 0. The molecular formula is C13H26N4. The highest BCUT2D eigenvalue weighted by Crippen LogP contribution is 2.26. The number of rotatable bonds is 6. The minimum absolute atomic E-state index is 0.370. The number of hydrogen-bond donors (Lipinski definition) is 1. The monoisotopic (exact) mass is 238 g/mol. The van der Waals surface area contributed by atoms with Crippen molar-refractivity contribution in [3.05, 3.63) is 11.9 Å². The summed E-state index contributed by atoms with van der Waals surface area (Å²) < 4.78 is 1.98. The molecule has 1 atom stereocenters. The molecule has 0 aliphatic heterocycles. The van der Waals surface area contributed by atoms with Crippen LogP contribution in [0.3, 0.4) is 0 Å². The maximum absolute atomic E-state index is 4.11. The van der Waals surface area contributed by atoms with Gasteiger partial charge >= 0.3 is 0 Å². The van der Waals surface area contributed by atoms with Gasteiger partial charge in [0.25, 0.3) is 0 Å². The number of nitrogens with one attached hydrogen (secondary N) is 1. The first kappa shape index (κ1) is 14.2. The molecule has 0 amide bonds. The Kier molecular flexibility index (Phi) is 5.12. The zero-order valence-electron chi connectivity index (χ0n) is 11.8. The smallest absolute Gasteiger partial charge is 0.0756 e. The summed E-state index contributed by atoms with van der Waals surface area (Å²) in [4.78, 5) is 0. The van der Waals surface area contributed by atoms with Gasteiger partial charge in [0.15, 0.2) is 0 Å². The van der Waals surface area contributed by atoms with Crippen molar-refractivity contribution in [1.82, 2.24) is 20.3 Å². The maximum atomic E-state index is 4.11. The molecule has 0 saturated carbocycles. The predicted molar refractivity (Wildman–Crippen MR) is 70.8 cm³/mol. The Balaban J connectivity index is 2.71. The third-order valence-corrected chi connectivity index (χ3v) is 2.94. The SMILES string of the molecule is CCNC(CCC(C)(C)C)c1cnnn1CC. The molecule has 1 rings (SSSR count). The quantitative estimate of drug-likeness (QED) is 0.828. The van der Waals surface area contributed by atoms with Gasteiger partial charge in [-0.15, -0.1) is 5.10 Å². The molecule has 0 saturated heterocycles. The van der Waals surface area contributed by atoms with Gasteiger partial charge in [0.2, 0.25) is 0 Å². The first-order chi connectivity index (χ1) is 7.98. The van der Waals surface area contributed by atoms with Crippen LogP contribution in [0, 0.1) is 5.41 Å². The second-order valence-corrected chi connectivity index (χ2v) is 5.68. The van der Waals surface area contributed by atoms with Crippen molar-refractivity contribution in [2.75, 3.05) is 6.54 Å². The molecule has 1 aromatic heterocycles. The van der Waals surface area contributed by atoms with Gasteiger partial charge in [-0.2, -0.15) is 0 Å². The second kappa shape index (κ2) is 6.15. The van der Waals surface area contributed by atoms with Crippen LogP contribution in [0.4, 0.5) is 0 Å². The third kappa shape index (κ3) is 4.46. The van der Waals surface area contributed by atoms with E-state index in [1.54, 1.807) is 0 Å². The van der Waals surface area contributed by atoms with E-state index in [4.69, 9.17) is 0 Å². The van der Waals surface area contributed by atoms with Crippen molar-refractivity contribution >= 4 is 0 Å². The lowest BCUT2D eigenvalue weighted by Crippen LogP contribution is -2.25. The van der Waals surface area contributed by atoms with E-state index in [0.29, 0.717) is 11.5 Å². The molecule has 1 N–H and O–H groups in total. The molecule has 17 heavy (non-hydrogen) atoms. The molecule has 0 aromatic carbocycles. The Morgan fingerprint density at radius 1 is 1.35 bits per heavy atom. The molecular weight excluding hydrogens is 212 g/mol. The van der Waals surface area contributed by atoms with E-state index < -0.39 is 0 Å². The molecule has 0 bridgehead atoms. The summed E-state index contributed by atoms with van der Waals surface area (Å²) in [5, 5.41) is 11.7. The van der Waals surface area contributed by atoms with Gasteiger partial charge in [0.1, 0.15) is 0 Å². The normalized spacial score (nSPS) is 13.9. The molecule has 1 aromatic rings. The van der Waals surface area contributed by atoms with Gasteiger partial charge in [0.05, 0.1) is 17.9 Å². The zero-order valence-corrected chi connectivity index (χ0v) is 11.8. The summed E-state index contributed by atoms with van der Waals surface area (Å²) in [6, 6.07) is 0.370. The van der Waals surface area contributed by atoms with Crippen molar-refractivity contribution < 1.29 is 0 Å². The lowest BCUT2D eigenvalue weighted by atomic mass is 9.88. The average molecular weight is 238 g/mol. The largest absolute Gasteiger partial charge is 0.309 e. The minimum Gasteiger partial charge on any atom is -0.309 e. The number of aryl methyl sites for hydroxylation is 1. The van der Waals surface area contributed by atoms with E-state index in [0.717, 1.165) is 19.5 Å². The number of hydrogen-bond acceptors (Lipinski definition) is 3. The Labute approximate surface area is 105 Å². The Morgan fingerprint density at radius 2 is 2.06 bits per heavy atom. The molecule has 0 spiro atoms. The molecule has 0 radical (unpaired) electrons. The Bertz CT molecular complexity index is 324. The molecule has 4 nitrogen and oxygen atoms in total. The van der Waals surface area contributed by atoms with E-state index in [9.17, 15) is 0 Å². The fourth-order valence-corrected chi connectivity index (χ4v) is 1.96. The van der Waals surface area contributed by atoms with Gasteiger partial charge in [-0.25, -0.2) is 4.68 Å². The highest BCUT2D eigenvalue weighted by Gasteiger charge is 2.19. The van der Waals surface area contributed by atoms with Gasteiger partial charge < -0.3 is 5.32 Å². The topological polar surface area (TPSA) is 42.7 Å². The van der Waals surface area contributed by atoms with Crippen molar-refractivity contribution in [3.63, 3.8) is 0 Å². The Hall–Kier alpha value is -0.900. The highest BCUT2D eigenvalue weighted by molar-refractivity contribution is 5.02. The van der Waals surface area contributed by atoms with Crippen LogP contribution < -0.4 is 5.32 Å². The molecule has 1 unspecified atom stereocenters. The summed E-state index contributed by atoms with van der Waals surface area (Å²) in [5.41, 5.74) is 1.58. The fraction of sp³-hybridized carbons (Fsp3) is 0.846. The van der Waals surface area contributed by atoms with E-state index in [1.165, 1.54) is 12.1 Å². The van der Waals surface area contributed by atoms with Crippen molar-refractivity contribution in [2.45, 2.75) is 60.0 Å². The van der Waals surface area contributed by atoms with Crippen LogP contribution in [0.25, 0.3) is 0 Å². The molecule has 4 heteroatoms. The summed E-state index contributed by atoms with van der Waals surface area (Å²) in [6.45, 7) is 13.0. The average Bonchev–Trinajstić information content (AvgIpc) is 2.70. The molecule has 0 aliphatic carbocycles. The van der Waals surface area contributed by atoms with Crippen molar-refractivity contribution in [1.29, 1.82) is 0 Å². The fourth-order valence-electron chi connectivity index (χ4n) is 1.96. The van der Waals surface area contributed by atoms with Crippen LogP contribution in [0.1, 0.15) is 59.2 Å². The third-order valence-electron chi connectivity index (χ3n) is 2.94. The lowest BCUT2D eigenvalue weighted by Gasteiger charge is -2.23. The molecule has 0 aliphatic rings. The van der Waals surface area contributed by atoms with E-state index >= 15 is 0 Å². The van der Waals surface area contributed by atoms with Crippen LogP contribution in [0.5, 0.6) is 0 Å². The first-order valence-electron chi connectivity index (χ1n) is 6.59. The van der Waals surface area contributed by atoms with Crippen LogP contribution in [0.2, 0.25) is 0 Å². The number of aromatic nitrogens is 3. The van der Waals surface area contributed by atoms with Crippen LogP contribution in [-0.4, -0.2) is 21.5 Å². The first-order valence-corrected chi connectivity index (χ1v) is 6.59. The molecule has 98 valence electrons. The van der Waals surface area contributed by atoms with Crippen molar-refractivity contribution in [2.24, 2.45) is 5.41 Å². The predicted octanol–water partition coefficient (Wildman–Crippen LogP) is 2.77. The maximum Gasteiger partial charge on any atom is 0.0756 e. The van der Waals surface area contributed by atoms with Gasteiger partial charge in [-0.3, -0.25) is 0 Å². The van der Waals surface area contributed by atoms with E-state index in [-0.39, 0.29) is 0 Å². The van der Waals surface area contributed by atoms with Crippen LogP contribution in [0.15, 0.2) is 6.20 Å². The standard InChI is InChI=1S/C13H26N4/c1-6-14-11(8-9-13(3,4)5)12-10-15-16-17(12)7-2/h10-11,14H,6-9H2,1-5H3. The van der Waals surface area contributed by atoms with E-state index in [1.807, 2.05) is 10.9 Å². The van der Waals surface area contributed by atoms with Gasteiger partial charge in [0, 0.05) is 6.54 Å². The van der Waals surface area contributed by atoms with Crippen LogP contribution >= 0.6 is 0 Å². The van der Waals surface area contributed by atoms with E-state index in [2.05, 4.69) is 50.2 Å². The molecule has 0 fully saturated rings. The second-order valence-electron chi connectivity index (χ2n) is 5.68. The Morgan fingerprint density at radius 3 is 2.59 bits per heavy atom. The number of nitrogens with zero attached hydrogens (tertiary/aromatic N) is 3. The van der Waals surface area contributed by atoms with Gasteiger partial charge in [-0.05, 0) is 31.7 Å². The van der Waals surface area contributed by atoms with Crippen molar-refractivity contribution in [3.8, 4) is 0 Å². The minimum atomic E-state index is 0.370. The highest BCUT2D eigenvalue weighted by atomic mass is 15.4. The summed E-state index contributed by atoms with van der Waals surface area (Å²) in [6.07, 6.45) is 4.21. The zero-order chi connectivity index (χ0) is 12.9. The van der Waals surface area contributed by atoms with Crippen LogP contribution in [-0.2, 0) is 6.54 Å². The summed E-state index contributed by atoms with van der Waals surface area (Å²) in [5.74, 6) is 0.